The van der Waals surface area contributed by atoms with Crippen LogP contribution in [0.4, 0.5) is 0 Å². The van der Waals surface area contributed by atoms with E-state index >= 15 is 0 Å². The Labute approximate surface area is 298 Å². The Hall–Kier alpha value is -3.23. The van der Waals surface area contributed by atoms with Crippen LogP contribution in [0.3, 0.4) is 0 Å². The second kappa shape index (κ2) is 32.0. The van der Waals surface area contributed by atoms with Gasteiger partial charge in [-0.3, -0.25) is 9.59 Å². The van der Waals surface area contributed by atoms with E-state index in [0.29, 0.717) is 12.8 Å². The van der Waals surface area contributed by atoms with Gasteiger partial charge < -0.3 is 28.6 Å². The van der Waals surface area contributed by atoms with Crippen molar-refractivity contribution in [2.45, 2.75) is 129 Å². The van der Waals surface area contributed by atoms with Crippen LogP contribution in [0.2, 0.25) is 0 Å². The zero-order valence-electron chi connectivity index (χ0n) is 31.3. The molecule has 2 atom stereocenters. The summed E-state index contributed by atoms with van der Waals surface area (Å²) in [5, 5.41) is 11.5. The molecule has 0 aromatic carbocycles. The second-order valence-corrected chi connectivity index (χ2v) is 13.2. The topological polar surface area (TPSA) is 102 Å². The third-order valence-corrected chi connectivity index (χ3v) is 7.68. The molecule has 0 aromatic rings. The number of esters is 2. The largest absolute Gasteiger partial charge is 0.544 e. The van der Waals surface area contributed by atoms with E-state index in [1.807, 2.05) is 24.3 Å². The van der Waals surface area contributed by atoms with Crippen LogP contribution < -0.4 is 5.11 Å². The van der Waals surface area contributed by atoms with E-state index in [4.69, 9.17) is 14.2 Å². The number of quaternary nitrogens is 1. The molecule has 0 heterocycles. The zero-order valence-corrected chi connectivity index (χ0v) is 31.3. The van der Waals surface area contributed by atoms with E-state index in [2.05, 4.69) is 62.5 Å². The summed E-state index contributed by atoms with van der Waals surface area (Å²) in [7, 11) is 5.35. The number of allylic oxidation sites excluding steroid dienone is 12. The van der Waals surface area contributed by atoms with E-state index in [-0.39, 0.29) is 43.1 Å². The van der Waals surface area contributed by atoms with Crippen LogP contribution in [0.5, 0.6) is 0 Å². The van der Waals surface area contributed by atoms with Crippen LogP contribution in [0.25, 0.3) is 0 Å². The standard InChI is InChI=1S/C41H67NO7/c1-6-8-10-12-14-15-16-17-18-19-20-21-22-23-24-26-27-29-31-39(43)48-36-37(35-47-34-33-38(41(45)46)42(3,4)5)49-40(44)32-30-28-25-13-11-9-7-2/h9,11,14-21,25,28,37-38H,6-8,10,12-13,22-24,26-27,29-36H2,1-5H3/b11-9+,15-14+,17-16+,19-18+,21-20+,28-25+. The Morgan fingerprint density at radius 1 is 0.653 bits per heavy atom. The molecule has 0 saturated carbocycles. The first-order valence-electron chi connectivity index (χ1n) is 18.5. The van der Waals surface area contributed by atoms with Crippen LogP contribution in [0.1, 0.15) is 117 Å². The predicted octanol–water partition coefficient (Wildman–Crippen LogP) is 7.90. The fourth-order valence-electron chi connectivity index (χ4n) is 4.79. The molecule has 0 saturated heterocycles. The fourth-order valence-corrected chi connectivity index (χ4v) is 4.79. The smallest absolute Gasteiger partial charge is 0.306 e. The number of ether oxygens (including phenoxy) is 3. The van der Waals surface area contributed by atoms with Crippen LogP contribution in [-0.4, -0.2) is 75.5 Å². The maximum absolute atomic E-state index is 12.5. The van der Waals surface area contributed by atoms with Crippen molar-refractivity contribution < 1.29 is 38.2 Å². The minimum absolute atomic E-state index is 0.00502. The summed E-state index contributed by atoms with van der Waals surface area (Å²) < 4.78 is 16.9. The van der Waals surface area contributed by atoms with Crippen molar-refractivity contribution in [2.24, 2.45) is 0 Å². The Bertz CT molecular complexity index is 1030. The molecule has 49 heavy (non-hydrogen) atoms. The lowest BCUT2D eigenvalue weighted by molar-refractivity contribution is -0.889. The van der Waals surface area contributed by atoms with Gasteiger partial charge in [-0.05, 0) is 51.4 Å². The lowest BCUT2D eigenvalue weighted by Crippen LogP contribution is -2.55. The molecule has 0 aliphatic rings. The van der Waals surface area contributed by atoms with Gasteiger partial charge in [0.15, 0.2) is 6.10 Å². The highest BCUT2D eigenvalue weighted by molar-refractivity contribution is 5.70. The van der Waals surface area contributed by atoms with E-state index < -0.39 is 24.1 Å². The number of nitrogens with zero attached hydrogens (tertiary/aromatic N) is 1. The van der Waals surface area contributed by atoms with Gasteiger partial charge in [0.05, 0.1) is 40.3 Å². The molecule has 0 bridgehead atoms. The lowest BCUT2D eigenvalue weighted by atomic mass is 10.1. The van der Waals surface area contributed by atoms with Crippen LogP contribution in [0.15, 0.2) is 72.9 Å². The minimum atomic E-state index is -1.14. The maximum atomic E-state index is 12.5. The van der Waals surface area contributed by atoms with E-state index in [1.165, 1.54) is 19.3 Å². The number of aliphatic carboxylic acids is 1. The number of carboxylic acid groups (broad SMARTS) is 1. The summed E-state index contributed by atoms with van der Waals surface area (Å²) in [5.41, 5.74) is 0. The molecule has 0 fully saturated rings. The number of carbonyl (C=O) groups excluding carboxylic acids is 3. The molecular formula is C41H67NO7. The van der Waals surface area contributed by atoms with Gasteiger partial charge >= 0.3 is 11.9 Å². The zero-order chi connectivity index (χ0) is 36.4. The first kappa shape index (κ1) is 45.8. The van der Waals surface area contributed by atoms with Gasteiger partial charge in [0.2, 0.25) is 0 Å². The lowest BCUT2D eigenvalue weighted by Gasteiger charge is -2.34. The quantitative estimate of drug-likeness (QED) is 0.0240. The number of carboxylic acids is 1. The fraction of sp³-hybridized carbons (Fsp3) is 0.634. The number of carbonyl (C=O) groups is 3. The average molecular weight is 686 g/mol. The molecule has 0 aliphatic carbocycles. The Morgan fingerprint density at radius 2 is 1.27 bits per heavy atom. The van der Waals surface area contributed by atoms with Crippen molar-refractivity contribution in [1.82, 2.24) is 0 Å². The molecule has 0 aromatic heterocycles. The van der Waals surface area contributed by atoms with E-state index in [1.54, 1.807) is 21.1 Å². The number of unbranched alkanes of at least 4 members (excludes halogenated alkanes) is 8. The molecule has 2 unspecified atom stereocenters. The summed E-state index contributed by atoms with van der Waals surface area (Å²) in [6, 6.07) is -0.739. The van der Waals surface area contributed by atoms with Crippen molar-refractivity contribution in [3.05, 3.63) is 72.9 Å². The third kappa shape index (κ3) is 30.6. The molecular weight excluding hydrogens is 618 g/mol. The molecule has 0 amide bonds. The summed E-state index contributed by atoms with van der Waals surface area (Å²) in [4.78, 5) is 36.4. The van der Waals surface area contributed by atoms with Gasteiger partial charge in [-0.1, -0.05) is 119 Å². The van der Waals surface area contributed by atoms with Gasteiger partial charge in [-0.2, -0.15) is 0 Å². The average Bonchev–Trinajstić information content (AvgIpc) is 3.05. The van der Waals surface area contributed by atoms with Crippen LogP contribution in [0, 0.1) is 0 Å². The minimum Gasteiger partial charge on any atom is -0.544 e. The van der Waals surface area contributed by atoms with Crippen molar-refractivity contribution in [2.75, 3.05) is 41.0 Å². The molecule has 0 rings (SSSR count). The van der Waals surface area contributed by atoms with Crippen LogP contribution >= 0.6 is 0 Å². The highest BCUT2D eigenvalue weighted by Gasteiger charge is 2.25. The van der Waals surface area contributed by atoms with Gasteiger partial charge in [0.1, 0.15) is 12.6 Å². The van der Waals surface area contributed by atoms with E-state index in [9.17, 15) is 19.5 Å². The Balaban J connectivity index is 4.43. The summed E-state index contributed by atoms with van der Waals surface area (Å²) in [6.07, 6.45) is 38.2. The predicted molar refractivity (Wildman–Crippen MR) is 199 cm³/mol. The molecule has 0 aliphatic heterocycles. The molecule has 0 radical (unpaired) electrons. The van der Waals surface area contributed by atoms with Crippen LogP contribution in [-0.2, 0) is 28.6 Å². The Morgan fingerprint density at radius 3 is 1.90 bits per heavy atom. The van der Waals surface area contributed by atoms with Gasteiger partial charge in [0.25, 0.3) is 0 Å². The van der Waals surface area contributed by atoms with Gasteiger partial charge in [-0.25, -0.2) is 0 Å². The second-order valence-electron chi connectivity index (χ2n) is 13.2. The third-order valence-electron chi connectivity index (χ3n) is 7.68. The molecule has 0 spiro atoms. The number of hydrogen-bond acceptors (Lipinski definition) is 7. The number of hydrogen-bond donors (Lipinski definition) is 0. The first-order valence-corrected chi connectivity index (χ1v) is 18.5. The number of likely N-dealkylation sites (N-methyl/N-ethyl adjacent to an activating group) is 1. The first-order chi connectivity index (χ1) is 23.6. The Kier molecular flexibility index (Phi) is 29.9. The molecule has 278 valence electrons. The monoisotopic (exact) mass is 685 g/mol. The maximum Gasteiger partial charge on any atom is 0.306 e. The van der Waals surface area contributed by atoms with Gasteiger partial charge in [0, 0.05) is 19.3 Å². The van der Waals surface area contributed by atoms with Gasteiger partial charge in [-0.15, -0.1) is 0 Å². The summed E-state index contributed by atoms with van der Waals surface area (Å²) in [5.74, 6) is -1.88. The molecule has 8 nitrogen and oxygen atoms in total. The highest BCUT2D eigenvalue weighted by Crippen LogP contribution is 2.11. The highest BCUT2D eigenvalue weighted by atomic mass is 16.6. The number of rotatable bonds is 31. The normalized spacial score (nSPS) is 13.9. The van der Waals surface area contributed by atoms with E-state index in [0.717, 1.165) is 57.8 Å². The molecule has 0 N–H and O–H groups in total. The summed E-state index contributed by atoms with van der Waals surface area (Å²) >= 11 is 0. The molecule has 8 heteroatoms. The van der Waals surface area contributed by atoms with Crippen molar-refractivity contribution in [3.8, 4) is 0 Å². The summed E-state index contributed by atoms with van der Waals surface area (Å²) in [6.45, 7) is 4.34. The van der Waals surface area contributed by atoms with Crippen molar-refractivity contribution in [3.63, 3.8) is 0 Å². The van der Waals surface area contributed by atoms with Crippen molar-refractivity contribution >= 4 is 17.9 Å². The SMILES string of the molecule is CC/C=C/C/C=C/CCC(=O)OC(COCCC(C(=O)[O-])[N+](C)(C)C)COC(=O)CCCCCCC/C=C/C=C/C=C/C=C/CCCCC. The van der Waals surface area contributed by atoms with Crippen molar-refractivity contribution in [1.29, 1.82) is 0 Å².